The Kier molecular flexibility index (Phi) is 5.61. The minimum absolute atomic E-state index is 0.0910. The molecule has 0 saturated heterocycles. The van der Waals surface area contributed by atoms with Gasteiger partial charge in [-0.05, 0) is 12.5 Å². The van der Waals surface area contributed by atoms with Crippen LogP contribution < -0.4 is 4.72 Å². The number of carboxylic acid groups (broad SMARTS) is 1. The third-order valence-corrected chi connectivity index (χ3v) is 4.03. The molecule has 0 amide bonds. The summed E-state index contributed by atoms with van der Waals surface area (Å²) in [6.45, 7) is 1.88. The van der Waals surface area contributed by atoms with Crippen molar-refractivity contribution < 1.29 is 18.3 Å². The van der Waals surface area contributed by atoms with E-state index in [2.05, 4.69) is 9.71 Å². The molecule has 0 bridgehead atoms. The molecule has 0 radical (unpaired) electrons. The quantitative estimate of drug-likeness (QED) is 0.770. The SMILES string of the molecule is CCCCC(NS(=O)(=O)c1cncc(C#N)c1)C(=O)O. The van der Waals surface area contributed by atoms with Crippen molar-refractivity contribution in [1.29, 1.82) is 5.26 Å². The van der Waals surface area contributed by atoms with E-state index in [1.54, 1.807) is 6.07 Å². The van der Waals surface area contributed by atoms with Gasteiger partial charge in [-0.2, -0.15) is 9.98 Å². The standard InChI is InChI=1S/C12H15N3O4S/c1-2-3-4-11(12(16)17)15-20(18,19)10-5-9(6-13)7-14-8-10/h5,7-8,11,15H,2-4H2,1H3,(H,16,17). The Bertz CT molecular complexity index is 622. The molecule has 20 heavy (non-hydrogen) atoms. The van der Waals surface area contributed by atoms with Crippen molar-refractivity contribution in [2.75, 3.05) is 0 Å². The number of pyridine rings is 1. The highest BCUT2D eigenvalue weighted by atomic mass is 32.2. The fourth-order valence-corrected chi connectivity index (χ4v) is 2.73. The predicted octanol–water partition coefficient (Wildman–Crippen LogP) is 0.875. The molecule has 1 unspecified atom stereocenters. The van der Waals surface area contributed by atoms with Crippen molar-refractivity contribution in [3.05, 3.63) is 24.0 Å². The van der Waals surface area contributed by atoms with E-state index in [0.29, 0.717) is 6.42 Å². The number of carbonyl (C=O) groups is 1. The summed E-state index contributed by atoms with van der Waals surface area (Å²) in [6.07, 6.45) is 3.86. The highest BCUT2D eigenvalue weighted by molar-refractivity contribution is 7.89. The lowest BCUT2D eigenvalue weighted by Gasteiger charge is -2.14. The molecule has 7 nitrogen and oxygen atoms in total. The van der Waals surface area contributed by atoms with Crippen molar-refractivity contribution >= 4 is 16.0 Å². The van der Waals surface area contributed by atoms with Gasteiger partial charge in [-0.15, -0.1) is 0 Å². The van der Waals surface area contributed by atoms with E-state index in [9.17, 15) is 13.2 Å². The Morgan fingerprint density at radius 2 is 2.25 bits per heavy atom. The Morgan fingerprint density at radius 3 is 2.80 bits per heavy atom. The summed E-state index contributed by atoms with van der Waals surface area (Å²) in [7, 11) is -4.01. The number of carboxylic acids is 1. The fourth-order valence-electron chi connectivity index (χ4n) is 1.52. The summed E-state index contributed by atoms with van der Waals surface area (Å²) < 4.78 is 26.2. The molecule has 0 aromatic carbocycles. The van der Waals surface area contributed by atoms with Gasteiger partial charge in [-0.25, -0.2) is 8.42 Å². The van der Waals surface area contributed by atoms with Gasteiger partial charge in [0.25, 0.3) is 0 Å². The molecule has 0 fully saturated rings. The molecular formula is C12H15N3O4S. The summed E-state index contributed by atoms with van der Waals surface area (Å²) in [4.78, 5) is 14.5. The molecule has 1 atom stereocenters. The first kappa shape index (κ1) is 16.1. The lowest BCUT2D eigenvalue weighted by Crippen LogP contribution is -2.40. The molecule has 0 aliphatic heterocycles. The van der Waals surface area contributed by atoms with Crippen LogP contribution in [0.3, 0.4) is 0 Å². The summed E-state index contributed by atoms with van der Waals surface area (Å²) >= 11 is 0. The molecule has 108 valence electrons. The Labute approximate surface area is 117 Å². The van der Waals surface area contributed by atoms with Crippen molar-refractivity contribution in [3.8, 4) is 6.07 Å². The first-order valence-corrected chi connectivity index (χ1v) is 7.49. The van der Waals surface area contributed by atoms with Crippen LogP contribution in [0.25, 0.3) is 0 Å². The Hall–Kier alpha value is -1.98. The van der Waals surface area contributed by atoms with E-state index in [-0.39, 0.29) is 16.9 Å². The van der Waals surface area contributed by atoms with Crippen LogP contribution in [-0.4, -0.2) is 30.5 Å². The smallest absolute Gasteiger partial charge is 0.321 e. The Morgan fingerprint density at radius 1 is 1.55 bits per heavy atom. The largest absolute Gasteiger partial charge is 0.480 e. The molecule has 0 spiro atoms. The summed E-state index contributed by atoms with van der Waals surface area (Å²) in [6, 6.07) is 1.74. The minimum atomic E-state index is -4.01. The highest BCUT2D eigenvalue weighted by Crippen LogP contribution is 2.11. The first-order chi connectivity index (χ1) is 9.40. The topological polar surface area (TPSA) is 120 Å². The zero-order chi connectivity index (χ0) is 15.2. The van der Waals surface area contributed by atoms with Gasteiger partial charge >= 0.3 is 5.97 Å². The second-order valence-corrected chi connectivity index (χ2v) is 5.89. The van der Waals surface area contributed by atoms with Crippen LogP contribution in [0.15, 0.2) is 23.4 Å². The van der Waals surface area contributed by atoms with E-state index in [1.807, 2.05) is 6.92 Å². The van der Waals surface area contributed by atoms with Crippen molar-refractivity contribution in [2.24, 2.45) is 0 Å². The number of sulfonamides is 1. The van der Waals surface area contributed by atoms with Crippen LogP contribution in [0.5, 0.6) is 0 Å². The number of unbranched alkanes of at least 4 members (excludes halogenated alkanes) is 1. The van der Waals surface area contributed by atoms with Crippen LogP contribution >= 0.6 is 0 Å². The second-order valence-electron chi connectivity index (χ2n) is 4.18. The maximum Gasteiger partial charge on any atom is 0.321 e. The van der Waals surface area contributed by atoms with Crippen molar-refractivity contribution in [2.45, 2.75) is 37.1 Å². The normalized spacial score (nSPS) is 12.6. The molecular weight excluding hydrogens is 282 g/mol. The number of nitrogens with zero attached hydrogens (tertiary/aromatic N) is 2. The maximum absolute atomic E-state index is 12.1. The van der Waals surface area contributed by atoms with Crippen molar-refractivity contribution in [3.63, 3.8) is 0 Å². The van der Waals surface area contributed by atoms with Gasteiger partial charge in [0, 0.05) is 12.4 Å². The predicted molar refractivity (Wildman–Crippen MR) is 70.2 cm³/mol. The van der Waals surface area contributed by atoms with Gasteiger partial charge in [0.05, 0.1) is 5.56 Å². The van der Waals surface area contributed by atoms with Crippen LogP contribution in [0, 0.1) is 11.3 Å². The average molecular weight is 297 g/mol. The van der Waals surface area contributed by atoms with Gasteiger partial charge < -0.3 is 5.11 Å². The van der Waals surface area contributed by atoms with E-state index < -0.39 is 22.0 Å². The lowest BCUT2D eigenvalue weighted by molar-refractivity contribution is -0.139. The molecule has 0 aliphatic rings. The molecule has 8 heteroatoms. The number of hydrogen-bond acceptors (Lipinski definition) is 5. The number of rotatable bonds is 7. The molecule has 0 saturated carbocycles. The van der Waals surface area contributed by atoms with Crippen LogP contribution in [0.2, 0.25) is 0 Å². The summed E-state index contributed by atoms with van der Waals surface area (Å²) in [5.74, 6) is -1.23. The zero-order valence-electron chi connectivity index (χ0n) is 10.9. The number of hydrogen-bond donors (Lipinski definition) is 2. The summed E-state index contributed by atoms with van der Waals surface area (Å²) in [5.41, 5.74) is 0.0910. The monoisotopic (exact) mass is 297 g/mol. The Balaban J connectivity index is 2.97. The van der Waals surface area contributed by atoms with Gasteiger partial charge in [-0.3, -0.25) is 9.78 Å². The molecule has 0 aliphatic carbocycles. The van der Waals surface area contributed by atoms with Gasteiger partial charge in [0.15, 0.2) is 0 Å². The van der Waals surface area contributed by atoms with Crippen LogP contribution in [-0.2, 0) is 14.8 Å². The first-order valence-electron chi connectivity index (χ1n) is 6.01. The van der Waals surface area contributed by atoms with E-state index in [0.717, 1.165) is 18.7 Å². The molecule has 1 heterocycles. The second kappa shape index (κ2) is 6.98. The molecule has 1 aromatic rings. The summed E-state index contributed by atoms with van der Waals surface area (Å²) in [5, 5.41) is 17.7. The van der Waals surface area contributed by atoms with Gasteiger partial charge in [0.1, 0.15) is 17.0 Å². The number of aromatic nitrogens is 1. The minimum Gasteiger partial charge on any atom is -0.480 e. The van der Waals surface area contributed by atoms with Gasteiger partial charge in [-0.1, -0.05) is 19.8 Å². The fraction of sp³-hybridized carbons (Fsp3) is 0.417. The lowest BCUT2D eigenvalue weighted by atomic mass is 10.1. The van der Waals surface area contributed by atoms with E-state index in [1.165, 1.54) is 6.20 Å². The van der Waals surface area contributed by atoms with Crippen molar-refractivity contribution in [1.82, 2.24) is 9.71 Å². The van der Waals surface area contributed by atoms with E-state index >= 15 is 0 Å². The third kappa shape index (κ3) is 4.29. The van der Waals surface area contributed by atoms with Crippen LogP contribution in [0.1, 0.15) is 31.7 Å². The maximum atomic E-state index is 12.1. The van der Waals surface area contributed by atoms with Crippen LogP contribution in [0.4, 0.5) is 0 Å². The number of nitrogens with one attached hydrogen (secondary N) is 1. The molecule has 2 N–H and O–H groups in total. The molecule has 1 rings (SSSR count). The number of aliphatic carboxylic acids is 1. The van der Waals surface area contributed by atoms with E-state index in [4.69, 9.17) is 10.4 Å². The average Bonchev–Trinajstić information content (AvgIpc) is 2.43. The highest BCUT2D eigenvalue weighted by Gasteiger charge is 2.25. The third-order valence-electron chi connectivity index (χ3n) is 2.59. The molecule has 1 aromatic heterocycles. The van der Waals surface area contributed by atoms with Gasteiger partial charge in [0.2, 0.25) is 10.0 Å². The zero-order valence-corrected chi connectivity index (χ0v) is 11.7. The number of nitriles is 1.